The van der Waals surface area contributed by atoms with Crippen molar-refractivity contribution in [3.63, 3.8) is 0 Å². The molecular weight excluding hydrogens is 342 g/mol. The Bertz CT molecular complexity index is 978. The zero-order valence-corrected chi connectivity index (χ0v) is 15.5. The van der Waals surface area contributed by atoms with Crippen LogP contribution in [-0.2, 0) is 4.74 Å². The van der Waals surface area contributed by atoms with E-state index in [1.54, 1.807) is 13.0 Å². The summed E-state index contributed by atoms with van der Waals surface area (Å²) in [6.07, 6.45) is 1.40. The molecule has 0 spiro atoms. The molecular formula is C21H21N3O3. The van der Waals surface area contributed by atoms with Crippen molar-refractivity contribution in [2.24, 2.45) is 0 Å². The molecule has 1 heterocycles. The van der Waals surface area contributed by atoms with E-state index in [-0.39, 0.29) is 23.9 Å². The molecule has 6 nitrogen and oxygen atoms in total. The standard InChI is InChI=1S/C21H21N3O3/c1-4-27-21(26)18-13-22-24(17-8-6-5-7-9-17)19(18)23-20(25)16-11-10-14(2)15(3)12-16/h5-13H,4H2,1-3H3,(H,23,25). The highest BCUT2D eigenvalue weighted by atomic mass is 16.5. The monoisotopic (exact) mass is 363 g/mol. The van der Waals surface area contributed by atoms with E-state index in [0.29, 0.717) is 5.56 Å². The lowest BCUT2D eigenvalue weighted by Crippen LogP contribution is -2.18. The molecule has 0 bridgehead atoms. The quantitative estimate of drug-likeness (QED) is 0.698. The van der Waals surface area contributed by atoms with E-state index in [0.717, 1.165) is 16.8 Å². The fraction of sp³-hybridized carbons (Fsp3) is 0.190. The number of ether oxygens (including phenoxy) is 1. The number of anilines is 1. The Labute approximate surface area is 157 Å². The fourth-order valence-corrected chi connectivity index (χ4v) is 2.65. The smallest absolute Gasteiger partial charge is 0.343 e. The third-order valence-electron chi connectivity index (χ3n) is 4.27. The van der Waals surface area contributed by atoms with Gasteiger partial charge in [0, 0.05) is 5.56 Å². The number of aryl methyl sites for hydroxylation is 2. The van der Waals surface area contributed by atoms with Gasteiger partial charge in [-0.25, -0.2) is 9.48 Å². The summed E-state index contributed by atoms with van der Waals surface area (Å²) in [6, 6.07) is 14.7. The summed E-state index contributed by atoms with van der Waals surface area (Å²) >= 11 is 0. The lowest BCUT2D eigenvalue weighted by molar-refractivity contribution is 0.0527. The molecule has 0 aliphatic heterocycles. The first kappa shape index (κ1) is 18.4. The van der Waals surface area contributed by atoms with Crippen molar-refractivity contribution < 1.29 is 14.3 Å². The molecule has 0 aliphatic carbocycles. The fourth-order valence-electron chi connectivity index (χ4n) is 2.65. The number of amides is 1. The van der Waals surface area contributed by atoms with Crippen molar-refractivity contribution in [1.29, 1.82) is 0 Å². The van der Waals surface area contributed by atoms with E-state index in [2.05, 4.69) is 10.4 Å². The minimum absolute atomic E-state index is 0.206. The molecule has 0 aliphatic rings. The first-order chi connectivity index (χ1) is 13.0. The van der Waals surface area contributed by atoms with Gasteiger partial charge in [0.15, 0.2) is 5.82 Å². The molecule has 0 saturated heterocycles. The van der Waals surface area contributed by atoms with Crippen LogP contribution in [0.3, 0.4) is 0 Å². The van der Waals surface area contributed by atoms with Gasteiger partial charge in [0.1, 0.15) is 5.56 Å². The highest BCUT2D eigenvalue weighted by molar-refractivity contribution is 6.07. The SMILES string of the molecule is CCOC(=O)c1cnn(-c2ccccc2)c1NC(=O)c1ccc(C)c(C)c1. The van der Waals surface area contributed by atoms with E-state index in [4.69, 9.17) is 4.74 Å². The van der Waals surface area contributed by atoms with E-state index in [1.807, 2.05) is 56.3 Å². The Balaban J connectivity index is 2.01. The van der Waals surface area contributed by atoms with Crippen LogP contribution in [0.25, 0.3) is 5.69 Å². The molecule has 2 aromatic carbocycles. The maximum Gasteiger partial charge on any atom is 0.343 e. The molecule has 1 N–H and O–H groups in total. The maximum absolute atomic E-state index is 12.8. The number of nitrogens with one attached hydrogen (secondary N) is 1. The summed E-state index contributed by atoms with van der Waals surface area (Å²) in [5.74, 6) is -0.570. The summed E-state index contributed by atoms with van der Waals surface area (Å²) in [4.78, 5) is 25.1. The van der Waals surface area contributed by atoms with Gasteiger partial charge in [0.05, 0.1) is 18.5 Å². The minimum Gasteiger partial charge on any atom is -0.462 e. The van der Waals surface area contributed by atoms with Crippen molar-refractivity contribution in [1.82, 2.24) is 9.78 Å². The van der Waals surface area contributed by atoms with Gasteiger partial charge in [-0.15, -0.1) is 0 Å². The highest BCUT2D eigenvalue weighted by Gasteiger charge is 2.22. The van der Waals surface area contributed by atoms with Gasteiger partial charge in [-0.05, 0) is 56.2 Å². The van der Waals surface area contributed by atoms with Crippen molar-refractivity contribution in [3.8, 4) is 5.69 Å². The number of hydrogen-bond donors (Lipinski definition) is 1. The number of aromatic nitrogens is 2. The van der Waals surface area contributed by atoms with Crippen LogP contribution < -0.4 is 5.32 Å². The van der Waals surface area contributed by atoms with Crippen LogP contribution in [0.5, 0.6) is 0 Å². The molecule has 27 heavy (non-hydrogen) atoms. The number of carbonyl (C=O) groups is 2. The average Bonchev–Trinajstić information content (AvgIpc) is 3.08. The van der Waals surface area contributed by atoms with Gasteiger partial charge in [0.25, 0.3) is 5.91 Å². The van der Waals surface area contributed by atoms with Crippen LogP contribution in [0.4, 0.5) is 5.82 Å². The lowest BCUT2D eigenvalue weighted by atomic mass is 10.1. The Morgan fingerprint density at radius 3 is 2.48 bits per heavy atom. The molecule has 6 heteroatoms. The second kappa shape index (κ2) is 7.86. The maximum atomic E-state index is 12.8. The van der Waals surface area contributed by atoms with Crippen LogP contribution >= 0.6 is 0 Å². The van der Waals surface area contributed by atoms with E-state index in [1.165, 1.54) is 10.9 Å². The summed E-state index contributed by atoms with van der Waals surface area (Å²) in [5, 5.41) is 7.09. The third kappa shape index (κ3) is 3.89. The molecule has 0 fully saturated rings. The summed E-state index contributed by atoms with van der Waals surface area (Å²) in [6.45, 7) is 5.90. The Kier molecular flexibility index (Phi) is 5.35. The number of carbonyl (C=O) groups excluding carboxylic acids is 2. The van der Waals surface area contributed by atoms with Gasteiger partial charge >= 0.3 is 5.97 Å². The van der Waals surface area contributed by atoms with Gasteiger partial charge in [-0.1, -0.05) is 24.3 Å². The summed E-state index contributed by atoms with van der Waals surface area (Å²) in [7, 11) is 0. The van der Waals surface area contributed by atoms with Gasteiger partial charge in [-0.3, -0.25) is 4.79 Å². The van der Waals surface area contributed by atoms with Gasteiger partial charge in [-0.2, -0.15) is 5.10 Å². The molecule has 0 radical (unpaired) electrons. The number of benzene rings is 2. The predicted molar refractivity (Wildman–Crippen MR) is 103 cm³/mol. The number of rotatable bonds is 5. The van der Waals surface area contributed by atoms with Crippen molar-refractivity contribution in [2.45, 2.75) is 20.8 Å². The molecule has 0 atom stereocenters. The minimum atomic E-state index is -0.532. The van der Waals surface area contributed by atoms with Gasteiger partial charge in [0.2, 0.25) is 0 Å². The number of hydrogen-bond acceptors (Lipinski definition) is 4. The number of nitrogens with zero attached hydrogens (tertiary/aromatic N) is 2. The molecule has 3 rings (SSSR count). The van der Waals surface area contributed by atoms with Crippen LogP contribution in [0.1, 0.15) is 38.8 Å². The Hall–Kier alpha value is -3.41. The largest absolute Gasteiger partial charge is 0.462 e. The van der Waals surface area contributed by atoms with Crippen LogP contribution in [0.15, 0.2) is 54.7 Å². The molecule has 3 aromatic rings. The van der Waals surface area contributed by atoms with Crippen LogP contribution in [0, 0.1) is 13.8 Å². The normalized spacial score (nSPS) is 10.5. The van der Waals surface area contributed by atoms with Crippen molar-refractivity contribution >= 4 is 17.7 Å². The van der Waals surface area contributed by atoms with E-state index in [9.17, 15) is 9.59 Å². The summed E-state index contributed by atoms with van der Waals surface area (Å²) in [5.41, 5.74) is 3.56. The van der Waals surface area contributed by atoms with Crippen molar-refractivity contribution in [2.75, 3.05) is 11.9 Å². The first-order valence-electron chi connectivity index (χ1n) is 8.70. The Morgan fingerprint density at radius 2 is 1.81 bits per heavy atom. The van der Waals surface area contributed by atoms with Crippen LogP contribution in [0.2, 0.25) is 0 Å². The zero-order chi connectivity index (χ0) is 19.4. The predicted octanol–water partition coefficient (Wildman–Crippen LogP) is 3.92. The number of para-hydroxylation sites is 1. The summed E-state index contributed by atoms with van der Waals surface area (Å²) < 4.78 is 6.62. The average molecular weight is 363 g/mol. The molecule has 1 aromatic heterocycles. The molecule has 138 valence electrons. The third-order valence-corrected chi connectivity index (χ3v) is 4.27. The zero-order valence-electron chi connectivity index (χ0n) is 15.5. The topological polar surface area (TPSA) is 73.2 Å². The highest BCUT2D eigenvalue weighted by Crippen LogP contribution is 2.22. The second-order valence-electron chi connectivity index (χ2n) is 6.13. The molecule has 0 saturated carbocycles. The lowest BCUT2D eigenvalue weighted by Gasteiger charge is -2.12. The van der Waals surface area contributed by atoms with E-state index < -0.39 is 5.97 Å². The Morgan fingerprint density at radius 1 is 1.07 bits per heavy atom. The van der Waals surface area contributed by atoms with Crippen molar-refractivity contribution in [3.05, 3.63) is 77.0 Å². The number of esters is 1. The second-order valence-corrected chi connectivity index (χ2v) is 6.13. The first-order valence-corrected chi connectivity index (χ1v) is 8.70. The van der Waals surface area contributed by atoms with Crippen LogP contribution in [-0.4, -0.2) is 28.3 Å². The van der Waals surface area contributed by atoms with Gasteiger partial charge < -0.3 is 10.1 Å². The molecule has 1 amide bonds. The van der Waals surface area contributed by atoms with E-state index >= 15 is 0 Å². The molecule has 0 unspecified atom stereocenters.